The maximum absolute atomic E-state index is 12.0. The summed E-state index contributed by atoms with van der Waals surface area (Å²) in [6.07, 6.45) is 3.27. The van der Waals surface area contributed by atoms with E-state index in [2.05, 4.69) is 20.5 Å². The van der Waals surface area contributed by atoms with Crippen molar-refractivity contribution in [1.29, 1.82) is 0 Å². The third-order valence-corrected chi connectivity index (χ3v) is 3.80. The molecule has 0 fully saturated rings. The number of aromatic nitrogens is 5. The number of amides is 1. The maximum atomic E-state index is 12.0. The molecule has 2 aromatic heterocycles. The predicted molar refractivity (Wildman–Crippen MR) is 91.2 cm³/mol. The summed E-state index contributed by atoms with van der Waals surface area (Å²) in [4.78, 5) is 16.0. The number of nitrogens with zero attached hydrogens (tertiary/aromatic N) is 5. The fourth-order valence-corrected chi connectivity index (χ4v) is 2.58. The molecular formula is C15H14Cl2N6O. The van der Waals surface area contributed by atoms with Gasteiger partial charge in [-0.3, -0.25) is 14.8 Å². The van der Waals surface area contributed by atoms with Gasteiger partial charge in [-0.05, 0) is 30.7 Å². The zero-order chi connectivity index (χ0) is 17.1. The Morgan fingerprint density at radius 1 is 1.21 bits per heavy atom. The highest BCUT2D eigenvalue weighted by atomic mass is 35.5. The van der Waals surface area contributed by atoms with Crippen LogP contribution >= 0.6 is 23.2 Å². The van der Waals surface area contributed by atoms with E-state index >= 15 is 0 Å². The number of anilines is 1. The largest absolute Gasteiger partial charge is 0.292 e. The Morgan fingerprint density at radius 2 is 2.04 bits per heavy atom. The van der Waals surface area contributed by atoms with E-state index in [-0.39, 0.29) is 18.4 Å². The lowest BCUT2D eigenvalue weighted by Gasteiger charge is -2.04. The monoisotopic (exact) mass is 364 g/mol. The molecule has 0 aliphatic rings. The second-order valence-electron chi connectivity index (χ2n) is 5.20. The van der Waals surface area contributed by atoms with Gasteiger partial charge in [-0.2, -0.15) is 5.10 Å². The van der Waals surface area contributed by atoms with E-state index in [0.29, 0.717) is 16.6 Å². The van der Waals surface area contributed by atoms with Crippen LogP contribution in [0.4, 0.5) is 5.95 Å². The summed E-state index contributed by atoms with van der Waals surface area (Å²) in [5, 5.41) is 12.1. The summed E-state index contributed by atoms with van der Waals surface area (Å²) < 4.78 is 3.14. The number of hydrogen-bond donors (Lipinski definition) is 1. The van der Waals surface area contributed by atoms with Crippen molar-refractivity contribution in [1.82, 2.24) is 24.5 Å². The molecule has 3 aromatic rings. The Hall–Kier alpha value is -2.38. The van der Waals surface area contributed by atoms with E-state index in [0.717, 1.165) is 11.3 Å². The molecule has 9 heteroatoms. The first-order valence-corrected chi connectivity index (χ1v) is 7.88. The van der Waals surface area contributed by atoms with Gasteiger partial charge in [0.25, 0.3) is 0 Å². The number of nitrogens with one attached hydrogen (secondary N) is 1. The Kier molecular flexibility index (Phi) is 4.82. The predicted octanol–water partition coefficient (Wildman–Crippen LogP) is 2.78. The van der Waals surface area contributed by atoms with Gasteiger partial charge in [-0.1, -0.05) is 29.3 Å². The summed E-state index contributed by atoms with van der Waals surface area (Å²) in [5.41, 5.74) is 1.71. The lowest BCUT2D eigenvalue weighted by molar-refractivity contribution is -0.116. The Balaban J connectivity index is 1.61. The first-order valence-electron chi connectivity index (χ1n) is 7.13. The minimum atomic E-state index is -0.250. The minimum Gasteiger partial charge on any atom is -0.292 e. The zero-order valence-electron chi connectivity index (χ0n) is 12.8. The molecule has 0 bridgehead atoms. The summed E-state index contributed by atoms with van der Waals surface area (Å²) in [7, 11) is 0. The molecule has 0 unspecified atom stereocenters. The molecule has 1 amide bonds. The third-order valence-electron chi connectivity index (χ3n) is 3.21. The van der Waals surface area contributed by atoms with Crippen LogP contribution in [0, 0.1) is 6.92 Å². The fraction of sp³-hybridized carbons (Fsp3) is 0.200. The van der Waals surface area contributed by atoms with Crippen LogP contribution in [-0.4, -0.2) is 30.5 Å². The minimum absolute atomic E-state index is 0.103. The van der Waals surface area contributed by atoms with Crippen LogP contribution in [0.15, 0.2) is 36.8 Å². The van der Waals surface area contributed by atoms with E-state index in [1.807, 2.05) is 19.1 Å². The standard InChI is InChI=1S/C15H14Cl2N6O/c1-10-4-5-22(20-10)8-14(24)19-15-18-9-23(21-15)7-11-2-3-12(16)6-13(11)17/h2-6,9H,7-8H2,1H3,(H,19,21,24). The number of hydrogen-bond acceptors (Lipinski definition) is 4. The van der Waals surface area contributed by atoms with Gasteiger partial charge in [-0.25, -0.2) is 9.67 Å². The molecule has 7 nitrogen and oxygen atoms in total. The molecule has 3 rings (SSSR count). The van der Waals surface area contributed by atoms with Gasteiger partial charge in [0, 0.05) is 16.2 Å². The first-order chi connectivity index (χ1) is 11.5. The quantitative estimate of drug-likeness (QED) is 0.754. The lowest BCUT2D eigenvalue weighted by Crippen LogP contribution is -2.20. The van der Waals surface area contributed by atoms with Crippen molar-refractivity contribution in [3.63, 3.8) is 0 Å². The van der Waals surface area contributed by atoms with Crippen molar-refractivity contribution in [3.05, 3.63) is 58.1 Å². The topological polar surface area (TPSA) is 77.6 Å². The lowest BCUT2D eigenvalue weighted by atomic mass is 10.2. The molecule has 0 saturated heterocycles. The molecule has 0 saturated carbocycles. The highest BCUT2D eigenvalue weighted by Gasteiger charge is 2.09. The van der Waals surface area contributed by atoms with Crippen molar-refractivity contribution in [3.8, 4) is 0 Å². The molecular weight excluding hydrogens is 351 g/mol. The second kappa shape index (κ2) is 7.02. The van der Waals surface area contributed by atoms with Crippen LogP contribution in [0.1, 0.15) is 11.3 Å². The number of aryl methyl sites for hydroxylation is 1. The van der Waals surface area contributed by atoms with Crippen LogP contribution < -0.4 is 5.32 Å². The molecule has 0 aliphatic carbocycles. The number of benzene rings is 1. The summed E-state index contributed by atoms with van der Waals surface area (Å²) in [6.45, 7) is 2.39. The smallest absolute Gasteiger partial charge is 0.248 e. The van der Waals surface area contributed by atoms with Crippen molar-refractivity contribution < 1.29 is 4.79 Å². The van der Waals surface area contributed by atoms with Crippen molar-refractivity contribution in [2.24, 2.45) is 0 Å². The Morgan fingerprint density at radius 3 is 2.75 bits per heavy atom. The van der Waals surface area contributed by atoms with Gasteiger partial charge >= 0.3 is 0 Å². The van der Waals surface area contributed by atoms with Crippen LogP contribution in [0.25, 0.3) is 0 Å². The van der Waals surface area contributed by atoms with Crippen LogP contribution in [0.3, 0.4) is 0 Å². The molecule has 1 aromatic carbocycles. The van der Waals surface area contributed by atoms with Gasteiger partial charge in [0.15, 0.2) is 0 Å². The summed E-state index contributed by atoms with van der Waals surface area (Å²) in [6, 6.07) is 7.08. The molecule has 2 heterocycles. The van der Waals surface area contributed by atoms with Crippen LogP contribution in [0.2, 0.25) is 10.0 Å². The summed E-state index contributed by atoms with van der Waals surface area (Å²) >= 11 is 12.0. The van der Waals surface area contributed by atoms with Gasteiger partial charge in [0.2, 0.25) is 11.9 Å². The summed E-state index contributed by atoms with van der Waals surface area (Å²) in [5.74, 6) is -0.0191. The molecule has 0 radical (unpaired) electrons. The Bertz CT molecular complexity index is 872. The van der Waals surface area contributed by atoms with Gasteiger partial charge in [-0.15, -0.1) is 5.10 Å². The maximum Gasteiger partial charge on any atom is 0.248 e. The normalized spacial score (nSPS) is 10.8. The van der Waals surface area contributed by atoms with Crippen molar-refractivity contribution >= 4 is 35.1 Å². The van der Waals surface area contributed by atoms with Gasteiger partial charge in [0.05, 0.1) is 12.2 Å². The highest BCUT2D eigenvalue weighted by Crippen LogP contribution is 2.21. The van der Waals surface area contributed by atoms with Crippen molar-refractivity contribution in [2.75, 3.05) is 5.32 Å². The fourth-order valence-electron chi connectivity index (χ4n) is 2.12. The second-order valence-corrected chi connectivity index (χ2v) is 6.05. The van der Waals surface area contributed by atoms with Crippen LogP contribution in [0.5, 0.6) is 0 Å². The molecule has 24 heavy (non-hydrogen) atoms. The average Bonchev–Trinajstić information content (AvgIpc) is 3.11. The third kappa shape index (κ3) is 4.12. The number of halogens is 2. The van der Waals surface area contributed by atoms with Gasteiger partial charge in [0.1, 0.15) is 12.9 Å². The highest BCUT2D eigenvalue weighted by molar-refractivity contribution is 6.35. The van der Waals surface area contributed by atoms with E-state index in [1.54, 1.807) is 27.7 Å². The SMILES string of the molecule is Cc1ccn(CC(=O)Nc2ncn(Cc3ccc(Cl)cc3Cl)n2)n1. The molecule has 0 spiro atoms. The molecule has 0 aliphatic heterocycles. The average molecular weight is 365 g/mol. The first kappa shape index (κ1) is 16.5. The van der Waals surface area contributed by atoms with E-state index in [4.69, 9.17) is 23.2 Å². The molecule has 1 N–H and O–H groups in total. The van der Waals surface area contributed by atoms with E-state index in [9.17, 15) is 4.79 Å². The molecule has 0 atom stereocenters. The number of carbonyl (C=O) groups is 1. The number of carbonyl (C=O) groups excluding carboxylic acids is 1. The van der Waals surface area contributed by atoms with Gasteiger partial charge < -0.3 is 0 Å². The zero-order valence-corrected chi connectivity index (χ0v) is 14.3. The van der Waals surface area contributed by atoms with Crippen molar-refractivity contribution in [2.45, 2.75) is 20.0 Å². The number of rotatable bonds is 5. The Labute approximate surface area is 148 Å². The van der Waals surface area contributed by atoms with E-state index in [1.165, 1.54) is 6.33 Å². The van der Waals surface area contributed by atoms with Crippen LogP contribution in [-0.2, 0) is 17.9 Å². The van der Waals surface area contributed by atoms with E-state index < -0.39 is 0 Å². The molecule has 124 valence electrons.